The van der Waals surface area contributed by atoms with Crippen molar-refractivity contribution in [2.75, 3.05) is 5.32 Å². The first-order valence-electron chi connectivity index (χ1n) is 9.10. The van der Waals surface area contributed by atoms with E-state index in [9.17, 15) is 13.2 Å². The molecule has 0 aliphatic rings. The van der Waals surface area contributed by atoms with E-state index in [1.165, 1.54) is 0 Å². The van der Waals surface area contributed by atoms with Crippen LogP contribution in [-0.4, -0.2) is 24.5 Å². The van der Waals surface area contributed by atoms with Crippen molar-refractivity contribution in [3.05, 3.63) is 70.8 Å². The number of sulfonamides is 1. The Morgan fingerprint density at radius 2 is 1.69 bits per heavy atom. The first kappa shape index (κ1) is 21.1. The second kappa shape index (κ2) is 8.81. The molecule has 1 atom stereocenters. The van der Waals surface area contributed by atoms with Gasteiger partial charge in [-0.05, 0) is 43.0 Å². The molecular weight excluding hydrogens is 408 g/mol. The van der Waals surface area contributed by atoms with Crippen LogP contribution in [0.25, 0.3) is 0 Å². The molecule has 0 fully saturated rings. The third-order valence-corrected chi connectivity index (χ3v) is 7.19. The molecule has 1 aromatic heterocycles. The number of carbonyl (C=O) groups excluding carboxylic acids is 1. The van der Waals surface area contributed by atoms with Crippen LogP contribution in [-0.2, 0) is 10.0 Å². The normalized spacial score (nSPS) is 12.5. The molecule has 1 unspecified atom stereocenters. The number of aryl methyl sites for hydroxylation is 2. The minimum absolute atomic E-state index is 0.127. The number of nitrogens with zero attached hydrogens (tertiary/aromatic N) is 2. The molecule has 0 aliphatic heterocycles. The highest BCUT2D eigenvalue weighted by molar-refractivity contribution is 7.91. The summed E-state index contributed by atoms with van der Waals surface area (Å²) in [5.74, 6) is -0.359. The standard InChI is InChI=1S/C20H22N4O3S2/c1-4-17(15-11-7-5-9-13(15)2)24-29(26,27)20-23-22-19(28-20)21-18(25)16-12-8-6-10-14(16)3/h5-12,17,24H,4H2,1-3H3,(H,21,22,25). The topological polar surface area (TPSA) is 101 Å². The molecule has 0 radical (unpaired) electrons. The van der Waals surface area contributed by atoms with Crippen molar-refractivity contribution in [1.29, 1.82) is 0 Å². The zero-order chi connectivity index (χ0) is 21.0. The Balaban J connectivity index is 1.77. The summed E-state index contributed by atoms with van der Waals surface area (Å²) in [5.41, 5.74) is 3.23. The molecule has 0 aliphatic carbocycles. The fourth-order valence-electron chi connectivity index (χ4n) is 2.94. The zero-order valence-corrected chi connectivity index (χ0v) is 18.0. The summed E-state index contributed by atoms with van der Waals surface area (Å²) >= 11 is 0.816. The van der Waals surface area contributed by atoms with E-state index in [-0.39, 0.29) is 21.4 Å². The van der Waals surface area contributed by atoms with Crippen LogP contribution in [0, 0.1) is 13.8 Å². The van der Waals surface area contributed by atoms with Crippen molar-refractivity contribution in [3.8, 4) is 0 Å². The lowest BCUT2D eigenvalue weighted by Gasteiger charge is -2.18. The molecule has 3 rings (SSSR count). The van der Waals surface area contributed by atoms with Crippen LogP contribution in [0.3, 0.4) is 0 Å². The molecule has 152 valence electrons. The van der Waals surface area contributed by atoms with Gasteiger partial charge in [0.15, 0.2) is 0 Å². The van der Waals surface area contributed by atoms with Gasteiger partial charge in [-0.2, -0.15) is 0 Å². The van der Waals surface area contributed by atoms with Gasteiger partial charge in [-0.1, -0.05) is 60.7 Å². The van der Waals surface area contributed by atoms with E-state index in [1.807, 2.05) is 57.2 Å². The van der Waals surface area contributed by atoms with E-state index < -0.39 is 10.0 Å². The Morgan fingerprint density at radius 3 is 2.34 bits per heavy atom. The van der Waals surface area contributed by atoms with Gasteiger partial charge < -0.3 is 0 Å². The van der Waals surface area contributed by atoms with Crippen molar-refractivity contribution in [2.45, 2.75) is 37.6 Å². The highest BCUT2D eigenvalue weighted by Crippen LogP contribution is 2.26. The largest absolute Gasteiger partial charge is 0.296 e. The molecule has 7 nitrogen and oxygen atoms in total. The molecule has 2 aromatic carbocycles. The van der Waals surface area contributed by atoms with Crippen LogP contribution in [0.2, 0.25) is 0 Å². The number of hydrogen-bond donors (Lipinski definition) is 2. The summed E-state index contributed by atoms with van der Waals surface area (Å²) in [4.78, 5) is 12.4. The number of carbonyl (C=O) groups is 1. The van der Waals surface area contributed by atoms with E-state index in [4.69, 9.17) is 0 Å². The third kappa shape index (κ3) is 4.87. The molecule has 0 saturated heterocycles. The summed E-state index contributed by atoms with van der Waals surface area (Å²) in [6.45, 7) is 5.68. The predicted octanol–water partition coefficient (Wildman–Crippen LogP) is 3.84. The van der Waals surface area contributed by atoms with Crippen LogP contribution < -0.4 is 10.0 Å². The maximum atomic E-state index is 12.8. The average molecular weight is 431 g/mol. The number of rotatable bonds is 7. The molecule has 0 bridgehead atoms. The zero-order valence-electron chi connectivity index (χ0n) is 16.3. The van der Waals surface area contributed by atoms with Gasteiger partial charge >= 0.3 is 0 Å². The number of aromatic nitrogens is 2. The molecule has 0 spiro atoms. The minimum atomic E-state index is -3.88. The van der Waals surface area contributed by atoms with Gasteiger partial charge in [0.05, 0.1) is 0 Å². The Hall–Kier alpha value is -2.62. The Morgan fingerprint density at radius 1 is 1.03 bits per heavy atom. The smallest absolute Gasteiger partial charge is 0.270 e. The number of hydrogen-bond acceptors (Lipinski definition) is 6. The van der Waals surface area contributed by atoms with Gasteiger partial charge in [-0.3, -0.25) is 10.1 Å². The second-order valence-corrected chi connectivity index (χ2v) is 9.45. The van der Waals surface area contributed by atoms with E-state index in [1.54, 1.807) is 12.1 Å². The molecule has 1 heterocycles. The summed E-state index contributed by atoms with van der Waals surface area (Å²) in [6, 6.07) is 14.4. The first-order valence-corrected chi connectivity index (χ1v) is 11.4. The Labute approximate surface area is 174 Å². The van der Waals surface area contributed by atoms with E-state index in [0.717, 1.165) is 28.0 Å². The van der Waals surface area contributed by atoms with Crippen molar-refractivity contribution < 1.29 is 13.2 Å². The lowest BCUT2D eigenvalue weighted by atomic mass is 10.0. The number of benzene rings is 2. The number of amides is 1. The minimum Gasteiger partial charge on any atom is -0.296 e. The molecule has 0 saturated carbocycles. The lowest BCUT2D eigenvalue weighted by Crippen LogP contribution is -2.28. The van der Waals surface area contributed by atoms with Gasteiger partial charge in [0.25, 0.3) is 15.9 Å². The van der Waals surface area contributed by atoms with Crippen LogP contribution in [0.4, 0.5) is 5.13 Å². The molecular formula is C20H22N4O3S2. The molecule has 2 N–H and O–H groups in total. The maximum absolute atomic E-state index is 12.8. The molecule has 1 amide bonds. The van der Waals surface area contributed by atoms with Gasteiger partial charge in [0, 0.05) is 11.6 Å². The predicted molar refractivity (Wildman–Crippen MR) is 114 cm³/mol. The van der Waals surface area contributed by atoms with Gasteiger partial charge in [0.1, 0.15) is 0 Å². The van der Waals surface area contributed by atoms with Crippen molar-refractivity contribution >= 4 is 32.4 Å². The SMILES string of the molecule is CCC(NS(=O)(=O)c1nnc(NC(=O)c2ccccc2C)s1)c1ccccc1C. The van der Waals surface area contributed by atoms with Crippen LogP contribution in [0.1, 0.15) is 46.4 Å². The average Bonchev–Trinajstić information content (AvgIpc) is 3.16. The summed E-state index contributed by atoms with van der Waals surface area (Å²) in [7, 11) is -3.88. The number of anilines is 1. The summed E-state index contributed by atoms with van der Waals surface area (Å²) in [6.07, 6.45) is 0.583. The van der Waals surface area contributed by atoms with Crippen molar-refractivity contribution in [3.63, 3.8) is 0 Å². The van der Waals surface area contributed by atoms with Crippen LogP contribution in [0.5, 0.6) is 0 Å². The Bertz CT molecular complexity index is 1130. The van der Waals surface area contributed by atoms with Crippen molar-refractivity contribution in [1.82, 2.24) is 14.9 Å². The van der Waals surface area contributed by atoms with Crippen LogP contribution >= 0.6 is 11.3 Å². The number of nitrogens with one attached hydrogen (secondary N) is 2. The molecule has 3 aromatic rings. The summed E-state index contributed by atoms with van der Waals surface area (Å²) < 4.78 is 28.1. The fraction of sp³-hybridized carbons (Fsp3) is 0.250. The monoisotopic (exact) mass is 430 g/mol. The first-order chi connectivity index (χ1) is 13.8. The molecule has 29 heavy (non-hydrogen) atoms. The quantitative estimate of drug-likeness (QED) is 0.555. The summed E-state index contributed by atoms with van der Waals surface area (Å²) in [5, 5.41) is 10.3. The van der Waals surface area contributed by atoms with Crippen LogP contribution in [0.15, 0.2) is 52.9 Å². The van der Waals surface area contributed by atoms with Gasteiger partial charge in [0.2, 0.25) is 9.47 Å². The highest BCUT2D eigenvalue weighted by Gasteiger charge is 2.25. The third-order valence-electron chi connectivity index (χ3n) is 4.52. The fourth-order valence-corrected chi connectivity index (χ4v) is 5.15. The van der Waals surface area contributed by atoms with Gasteiger partial charge in [-0.15, -0.1) is 10.2 Å². The lowest BCUT2D eigenvalue weighted by molar-refractivity contribution is 0.102. The van der Waals surface area contributed by atoms with E-state index in [0.29, 0.717) is 12.0 Å². The van der Waals surface area contributed by atoms with Gasteiger partial charge in [-0.25, -0.2) is 13.1 Å². The van der Waals surface area contributed by atoms with Crippen molar-refractivity contribution in [2.24, 2.45) is 0 Å². The highest BCUT2D eigenvalue weighted by atomic mass is 32.2. The molecule has 9 heteroatoms. The maximum Gasteiger partial charge on any atom is 0.270 e. The second-order valence-electron chi connectivity index (χ2n) is 6.58. The van der Waals surface area contributed by atoms with E-state index in [2.05, 4.69) is 20.2 Å². The van der Waals surface area contributed by atoms with E-state index >= 15 is 0 Å². The Kier molecular flexibility index (Phi) is 6.41.